The number of aliphatic hydroxyl groups is 1. The summed E-state index contributed by atoms with van der Waals surface area (Å²) in [5.74, 6) is 0.510. The van der Waals surface area contributed by atoms with E-state index in [0.717, 1.165) is 54.8 Å². The molecule has 0 spiro atoms. The largest absolute Gasteiger partial charge is 0.481 e. The normalized spacial score (nSPS) is 26.8. The second kappa shape index (κ2) is 14.1. The number of likely N-dealkylation sites (tertiary alicyclic amines) is 1. The first-order chi connectivity index (χ1) is 21.1. The molecular formula is C33H43ClN4O5S. The highest BCUT2D eigenvalue weighted by Crippen LogP contribution is 2.41. The average molecular weight is 643 g/mol. The van der Waals surface area contributed by atoms with Gasteiger partial charge in [-0.25, -0.2) is 9.78 Å². The number of allylic oxidation sites excluding steroid dienone is 1. The molecule has 0 amide bonds. The molecule has 11 heteroatoms. The number of nitrogens with zero attached hydrogens (tertiary/aromatic N) is 3. The third-order valence-electron chi connectivity index (χ3n) is 9.48. The molecule has 1 saturated carbocycles. The number of ether oxygens (including phenoxy) is 1. The molecule has 1 aromatic carbocycles. The van der Waals surface area contributed by atoms with Crippen LogP contribution in [0.2, 0.25) is 5.02 Å². The van der Waals surface area contributed by atoms with Crippen molar-refractivity contribution in [3.05, 3.63) is 62.7 Å². The summed E-state index contributed by atoms with van der Waals surface area (Å²) in [6.45, 7) is 4.46. The summed E-state index contributed by atoms with van der Waals surface area (Å²) in [7, 11) is 1.40. The van der Waals surface area contributed by atoms with Crippen LogP contribution >= 0.6 is 22.9 Å². The summed E-state index contributed by atoms with van der Waals surface area (Å²) >= 11 is 7.69. The highest BCUT2D eigenvalue weighted by atomic mass is 35.5. The number of carbonyl (C=O) groups is 2. The molecule has 3 N–H and O–H groups in total. The van der Waals surface area contributed by atoms with E-state index in [9.17, 15) is 19.8 Å². The summed E-state index contributed by atoms with van der Waals surface area (Å²) < 4.78 is 5.31. The number of carboxylic acids is 1. The number of amidine groups is 1. The van der Waals surface area contributed by atoms with Gasteiger partial charge in [0.2, 0.25) is 0 Å². The third-order valence-corrected chi connectivity index (χ3v) is 10.5. The van der Waals surface area contributed by atoms with Gasteiger partial charge in [0, 0.05) is 35.4 Å². The van der Waals surface area contributed by atoms with Crippen molar-refractivity contribution in [2.75, 3.05) is 20.2 Å². The zero-order valence-electron chi connectivity index (χ0n) is 25.7. The topological polar surface area (TPSA) is 124 Å². The van der Waals surface area contributed by atoms with E-state index in [1.807, 2.05) is 34.5 Å². The third kappa shape index (κ3) is 7.53. The quantitative estimate of drug-likeness (QED) is 0.298. The van der Waals surface area contributed by atoms with E-state index in [1.54, 1.807) is 20.0 Å². The van der Waals surface area contributed by atoms with Gasteiger partial charge in [0.25, 0.3) is 0 Å². The molecule has 0 bridgehead atoms. The molecule has 238 valence electrons. The zero-order valence-corrected chi connectivity index (χ0v) is 27.2. The zero-order chi connectivity index (χ0) is 31.4. The Hall–Kier alpha value is -2.79. The summed E-state index contributed by atoms with van der Waals surface area (Å²) in [5.41, 5.74) is 1.25. The number of halogens is 1. The van der Waals surface area contributed by atoms with Gasteiger partial charge in [-0.05, 0) is 81.4 Å². The molecule has 2 aliphatic heterocycles. The fourth-order valence-electron chi connectivity index (χ4n) is 6.98. The van der Waals surface area contributed by atoms with Crippen LogP contribution in [0.25, 0.3) is 0 Å². The highest BCUT2D eigenvalue weighted by Gasteiger charge is 2.40. The van der Waals surface area contributed by atoms with Crippen LogP contribution in [0.5, 0.6) is 0 Å². The summed E-state index contributed by atoms with van der Waals surface area (Å²) in [6, 6.07) is 6.86. The Morgan fingerprint density at radius 1 is 1.14 bits per heavy atom. The standard InChI is InChI=1S/C33H43ClN4O5S/c1-33(2,32(41)42)19-38-18-23-9-8-20(6-4-5-7-22(23)17-26(38)39)16-25-27(31(40)43-3)28(21-10-12-24(34)13-11-21)37-29(36-25)30-35-14-15-44-30/h10-15,20,22-23,26,28,39H,4-9,16-19H2,1-3H3,(H,36,37)(H,41,42)/t20?,22?,23-,26?,28?/m0/s1. The molecule has 9 nitrogen and oxygen atoms in total. The van der Waals surface area contributed by atoms with E-state index in [2.05, 4.69) is 10.3 Å². The van der Waals surface area contributed by atoms with Crippen molar-refractivity contribution >= 4 is 40.7 Å². The number of aromatic nitrogens is 1. The molecule has 1 saturated heterocycles. The van der Waals surface area contributed by atoms with Gasteiger partial charge in [-0.2, -0.15) is 0 Å². The van der Waals surface area contributed by atoms with Crippen LogP contribution < -0.4 is 5.32 Å². The van der Waals surface area contributed by atoms with Crippen LogP contribution in [0.4, 0.5) is 0 Å². The average Bonchev–Trinajstić information content (AvgIpc) is 3.56. The number of methoxy groups -OCH3 is 1. The Bertz CT molecular complexity index is 1380. The summed E-state index contributed by atoms with van der Waals surface area (Å²) in [4.78, 5) is 36.6. The molecule has 1 aliphatic carbocycles. The van der Waals surface area contributed by atoms with E-state index >= 15 is 0 Å². The van der Waals surface area contributed by atoms with Gasteiger partial charge in [-0.3, -0.25) is 14.7 Å². The number of aliphatic hydroxyl groups excluding tert-OH is 1. The van der Waals surface area contributed by atoms with E-state index in [-0.39, 0.29) is 0 Å². The number of carbonyl (C=O) groups excluding carboxylic acids is 1. The number of aliphatic carboxylic acids is 1. The van der Waals surface area contributed by atoms with Crippen molar-refractivity contribution in [3.63, 3.8) is 0 Å². The van der Waals surface area contributed by atoms with Crippen molar-refractivity contribution in [2.24, 2.45) is 28.2 Å². The van der Waals surface area contributed by atoms with Crippen LogP contribution in [0.1, 0.15) is 81.8 Å². The predicted octanol–water partition coefficient (Wildman–Crippen LogP) is 6.04. The Morgan fingerprint density at radius 3 is 2.57 bits per heavy atom. The van der Waals surface area contributed by atoms with E-state index in [0.29, 0.717) is 60.1 Å². The Labute approximate surface area is 268 Å². The fraction of sp³-hybridized carbons (Fsp3) is 0.576. The lowest BCUT2D eigenvalue weighted by atomic mass is 9.77. The monoisotopic (exact) mass is 642 g/mol. The molecule has 5 rings (SSSR count). The van der Waals surface area contributed by atoms with Gasteiger partial charge in [0.15, 0.2) is 10.8 Å². The number of carboxylic acid groups (broad SMARTS) is 1. The molecule has 3 heterocycles. The minimum atomic E-state index is -0.935. The first-order valence-electron chi connectivity index (χ1n) is 15.5. The maximum Gasteiger partial charge on any atom is 0.338 e. The molecule has 4 unspecified atom stereocenters. The summed E-state index contributed by atoms with van der Waals surface area (Å²) in [5, 5.41) is 27.4. The molecule has 5 atom stereocenters. The predicted molar refractivity (Wildman–Crippen MR) is 171 cm³/mol. The van der Waals surface area contributed by atoms with E-state index in [4.69, 9.17) is 21.3 Å². The minimum absolute atomic E-state index is 0.320. The lowest BCUT2D eigenvalue weighted by Crippen LogP contribution is -2.51. The van der Waals surface area contributed by atoms with Gasteiger partial charge in [-0.15, -0.1) is 11.3 Å². The van der Waals surface area contributed by atoms with Crippen LogP contribution in [0, 0.1) is 23.2 Å². The Kier molecular flexibility index (Phi) is 10.4. The van der Waals surface area contributed by atoms with Crippen molar-refractivity contribution in [2.45, 2.75) is 77.5 Å². The fourth-order valence-corrected chi connectivity index (χ4v) is 7.69. The highest BCUT2D eigenvalue weighted by molar-refractivity contribution is 7.11. The molecule has 44 heavy (non-hydrogen) atoms. The Balaban J connectivity index is 1.40. The van der Waals surface area contributed by atoms with Crippen molar-refractivity contribution in [1.82, 2.24) is 15.2 Å². The van der Waals surface area contributed by atoms with Crippen molar-refractivity contribution < 1.29 is 24.5 Å². The molecular weight excluding hydrogens is 600 g/mol. The number of hydrogen-bond acceptors (Lipinski definition) is 9. The summed E-state index contributed by atoms with van der Waals surface area (Å²) in [6.07, 6.45) is 8.72. The molecule has 2 aromatic rings. The maximum absolute atomic E-state index is 13.4. The number of thiazole rings is 1. The first kappa shape index (κ1) is 32.6. The second-order valence-corrected chi connectivity index (χ2v) is 14.4. The second-order valence-electron chi connectivity index (χ2n) is 13.1. The van der Waals surface area contributed by atoms with Gasteiger partial charge in [-0.1, -0.05) is 43.0 Å². The number of rotatable bonds is 8. The van der Waals surface area contributed by atoms with Gasteiger partial charge < -0.3 is 20.3 Å². The lowest BCUT2D eigenvalue weighted by Gasteiger charge is -2.44. The number of nitrogens with one attached hydrogen (secondary N) is 1. The first-order valence-corrected chi connectivity index (χ1v) is 16.8. The molecule has 3 aliphatic rings. The maximum atomic E-state index is 13.4. The van der Waals surface area contributed by atoms with Crippen LogP contribution in [0.3, 0.4) is 0 Å². The number of aliphatic imine (C=N–C) groups is 1. The van der Waals surface area contributed by atoms with Gasteiger partial charge in [0.05, 0.1) is 18.1 Å². The van der Waals surface area contributed by atoms with E-state index in [1.165, 1.54) is 18.4 Å². The number of fused-ring (bicyclic) bond motifs is 1. The van der Waals surface area contributed by atoms with Crippen molar-refractivity contribution in [1.29, 1.82) is 0 Å². The molecule has 2 fully saturated rings. The van der Waals surface area contributed by atoms with E-state index < -0.39 is 29.6 Å². The SMILES string of the molecule is COC(=O)C1=C(CC2CCCCC3CC(O)N(CC(C)(C)C(=O)O)C[C@@H]3CC2)NC(c2nccs2)=NC1c1ccc(Cl)cc1. The number of piperidine rings is 1. The van der Waals surface area contributed by atoms with Gasteiger partial charge in [0.1, 0.15) is 12.3 Å². The number of hydrogen-bond donors (Lipinski definition) is 3. The van der Waals surface area contributed by atoms with Crippen LogP contribution in [-0.4, -0.2) is 64.3 Å². The van der Waals surface area contributed by atoms with Crippen molar-refractivity contribution in [3.8, 4) is 0 Å². The number of benzene rings is 1. The molecule has 0 radical (unpaired) electrons. The van der Waals surface area contributed by atoms with Crippen LogP contribution in [-0.2, 0) is 14.3 Å². The Morgan fingerprint density at radius 2 is 1.89 bits per heavy atom. The smallest absolute Gasteiger partial charge is 0.338 e. The molecule has 1 aromatic heterocycles. The number of esters is 1. The lowest BCUT2D eigenvalue weighted by molar-refractivity contribution is -0.152. The minimum Gasteiger partial charge on any atom is -0.481 e. The van der Waals surface area contributed by atoms with Crippen LogP contribution in [0.15, 0.2) is 52.1 Å². The van der Waals surface area contributed by atoms with Gasteiger partial charge >= 0.3 is 11.9 Å².